The SMILES string of the molecule is CC1=CCC=C(/C=C/C2=C3Oc4cc(N)ccc4C=C3CCC2)S1. The minimum atomic E-state index is 0.741. The van der Waals surface area contributed by atoms with E-state index in [1.54, 1.807) is 0 Å². The summed E-state index contributed by atoms with van der Waals surface area (Å²) in [7, 11) is 0. The van der Waals surface area contributed by atoms with Crippen LogP contribution in [0, 0.1) is 0 Å². The molecule has 0 amide bonds. The molecule has 0 bridgehead atoms. The molecule has 3 heteroatoms. The molecule has 0 unspecified atom stereocenters. The molecule has 3 aliphatic rings. The predicted octanol–water partition coefficient (Wildman–Crippen LogP) is 5.96. The minimum absolute atomic E-state index is 0.741. The zero-order chi connectivity index (χ0) is 16.5. The maximum atomic E-state index is 6.23. The third-order valence-electron chi connectivity index (χ3n) is 4.51. The highest BCUT2D eigenvalue weighted by atomic mass is 32.2. The molecule has 0 radical (unpaired) electrons. The van der Waals surface area contributed by atoms with Crippen molar-refractivity contribution in [3.05, 3.63) is 74.8 Å². The van der Waals surface area contributed by atoms with Crippen molar-refractivity contribution in [1.29, 1.82) is 0 Å². The monoisotopic (exact) mass is 335 g/mol. The van der Waals surface area contributed by atoms with Gasteiger partial charge in [0.25, 0.3) is 0 Å². The van der Waals surface area contributed by atoms with Gasteiger partial charge in [0, 0.05) is 22.2 Å². The van der Waals surface area contributed by atoms with Crippen LogP contribution in [-0.4, -0.2) is 0 Å². The summed E-state index contributed by atoms with van der Waals surface area (Å²) in [4.78, 5) is 2.69. The Morgan fingerprint density at radius 1 is 1.17 bits per heavy atom. The van der Waals surface area contributed by atoms with E-state index in [1.165, 1.54) is 27.4 Å². The second kappa shape index (κ2) is 6.40. The van der Waals surface area contributed by atoms with Gasteiger partial charge in [-0.1, -0.05) is 30.0 Å². The molecule has 0 saturated carbocycles. The van der Waals surface area contributed by atoms with E-state index in [0.29, 0.717) is 0 Å². The third kappa shape index (κ3) is 3.09. The highest BCUT2D eigenvalue weighted by molar-refractivity contribution is 8.06. The van der Waals surface area contributed by atoms with Gasteiger partial charge < -0.3 is 10.5 Å². The average molecular weight is 335 g/mol. The Kier molecular flexibility index (Phi) is 4.11. The van der Waals surface area contributed by atoms with Crippen LogP contribution in [0.2, 0.25) is 0 Å². The normalized spacial score (nSPS) is 20.0. The first kappa shape index (κ1) is 15.4. The van der Waals surface area contributed by atoms with Crippen molar-refractivity contribution < 1.29 is 4.74 Å². The first-order chi connectivity index (χ1) is 11.7. The van der Waals surface area contributed by atoms with Crippen LogP contribution < -0.4 is 10.5 Å². The van der Waals surface area contributed by atoms with Crippen molar-refractivity contribution in [2.45, 2.75) is 32.6 Å². The Hall–Kier alpha value is -2.13. The van der Waals surface area contributed by atoms with Crippen LogP contribution in [-0.2, 0) is 0 Å². The van der Waals surface area contributed by atoms with E-state index in [-0.39, 0.29) is 0 Å². The number of hydrogen-bond donors (Lipinski definition) is 1. The fourth-order valence-corrected chi connectivity index (χ4v) is 4.15. The largest absolute Gasteiger partial charge is 0.456 e. The van der Waals surface area contributed by atoms with Gasteiger partial charge >= 0.3 is 0 Å². The van der Waals surface area contributed by atoms with E-state index in [9.17, 15) is 0 Å². The molecule has 0 spiro atoms. The van der Waals surface area contributed by atoms with E-state index in [1.807, 2.05) is 30.0 Å². The number of nitrogens with two attached hydrogens (primary N) is 1. The van der Waals surface area contributed by atoms with Gasteiger partial charge in [-0.25, -0.2) is 0 Å². The molecule has 0 aromatic heterocycles. The van der Waals surface area contributed by atoms with Crippen LogP contribution in [0.1, 0.15) is 38.2 Å². The van der Waals surface area contributed by atoms with E-state index in [4.69, 9.17) is 10.5 Å². The fourth-order valence-electron chi connectivity index (χ4n) is 3.28. The smallest absolute Gasteiger partial charge is 0.136 e. The van der Waals surface area contributed by atoms with E-state index in [0.717, 1.165) is 42.0 Å². The Labute approximate surface area is 147 Å². The number of anilines is 1. The molecule has 1 aliphatic carbocycles. The molecule has 122 valence electrons. The Balaban J connectivity index is 1.65. The van der Waals surface area contributed by atoms with Crippen LogP contribution >= 0.6 is 11.8 Å². The molecule has 24 heavy (non-hydrogen) atoms. The van der Waals surface area contributed by atoms with Crippen LogP contribution in [0.15, 0.2) is 69.2 Å². The highest BCUT2D eigenvalue weighted by Gasteiger charge is 2.23. The summed E-state index contributed by atoms with van der Waals surface area (Å²) in [5.41, 5.74) is 10.4. The number of ether oxygens (including phenoxy) is 1. The first-order valence-corrected chi connectivity index (χ1v) is 9.25. The molecular formula is C21H21NOS. The van der Waals surface area contributed by atoms with Gasteiger partial charge in [-0.2, -0.15) is 0 Å². The summed E-state index contributed by atoms with van der Waals surface area (Å²) < 4.78 is 6.23. The molecular weight excluding hydrogens is 314 g/mol. The van der Waals surface area contributed by atoms with Crippen molar-refractivity contribution in [2.75, 3.05) is 5.73 Å². The van der Waals surface area contributed by atoms with Gasteiger partial charge in [0.2, 0.25) is 0 Å². The second-order valence-corrected chi connectivity index (χ2v) is 7.69. The number of nitrogen functional groups attached to an aromatic ring is 1. The topological polar surface area (TPSA) is 35.2 Å². The number of fused-ring (bicyclic) bond motifs is 2. The van der Waals surface area contributed by atoms with Crippen molar-refractivity contribution in [3.63, 3.8) is 0 Å². The van der Waals surface area contributed by atoms with E-state index >= 15 is 0 Å². The molecule has 2 nitrogen and oxygen atoms in total. The van der Waals surface area contributed by atoms with Crippen molar-refractivity contribution in [3.8, 4) is 5.75 Å². The molecule has 0 fully saturated rings. The average Bonchev–Trinajstić information content (AvgIpc) is 2.58. The minimum Gasteiger partial charge on any atom is -0.456 e. The first-order valence-electron chi connectivity index (χ1n) is 8.43. The predicted molar refractivity (Wildman–Crippen MR) is 104 cm³/mol. The molecule has 1 aromatic carbocycles. The number of allylic oxidation sites excluding steroid dienone is 7. The summed E-state index contributed by atoms with van der Waals surface area (Å²) in [5, 5.41) is 0. The maximum absolute atomic E-state index is 6.23. The van der Waals surface area contributed by atoms with Gasteiger partial charge in [0.15, 0.2) is 0 Å². The van der Waals surface area contributed by atoms with Crippen molar-refractivity contribution >= 4 is 23.5 Å². The summed E-state index contributed by atoms with van der Waals surface area (Å²) in [6.45, 7) is 2.17. The molecule has 2 aliphatic heterocycles. The van der Waals surface area contributed by atoms with Crippen molar-refractivity contribution in [1.82, 2.24) is 0 Å². The third-order valence-corrected chi connectivity index (χ3v) is 5.53. The zero-order valence-corrected chi connectivity index (χ0v) is 14.7. The highest BCUT2D eigenvalue weighted by Crippen LogP contribution is 2.40. The van der Waals surface area contributed by atoms with Gasteiger partial charge in [-0.15, -0.1) is 0 Å². The summed E-state index contributed by atoms with van der Waals surface area (Å²) in [6.07, 6.45) is 15.6. The lowest BCUT2D eigenvalue weighted by molar-refractivity contribution is 0.410. The fraction of sp³-hybridized carbons (Fsp3) is 0.238. The molecule has 0 saturated heterocycles. The molecule has 2 N–H and O–H groups in total. The van der Waals surface area contributed by atoms with Crippen LogP contribution in [0.5, 0.6) is 5.75 Å². The van der Waals surface area contributed by atoms with Crippen LogP contribution in [0.4, 0.5) is 5.69 Å². The molecule has 0 atom stereocenters. The molecule has 1 aromatic rings. The van der Waals surface area contributed by atoms with Crippen LogP contribution in [0.25, 0.3) is 6.08 Å². The van der Waals surface area contributed by atoms with Gasteiger partial charge in [0.1, 0.15) is 11.5 Å². The molecule has 4 rings (SSSR count). The number of hydrogen-bond acceptors (Lipinski definition) is 3. The number of benzene rings is 1. The second-order valence-electron chi connectivity index (χ2n) is 6.37. The Morgan fingerprint density at radius 3 is 2.96 bits per heavy atom. The maximum Gasteiger partial charge on any atom is 0.136 e. The molecule has 2 heterocycles. The van der Waals surface area contributed by atoms with Crippen molar-refractivity contribution in [2.24, 2.45) is 0 Å². The van der Waals surface area contributed by atoms with Gasteiger partial charge in [-0.05, 0) is 72.9 Å². The number of thioether (sulfide) groups is 1. The lowest BCUT2D eigenvalue weighted by Gasteiger charge is -2.26. The quantitative estimate of drug-likeness (QED) is 0.677. The van der Waals surface area contributed by atoms with E-state index < -0.39 is 0 Å². The zero-order valence-electron chi connectivity index (χ0n) is 13.8. The lowest BCUT2D eigenvalue weighted by atomic mass is 9.90. The van der Waals surface area contributed by atoms with Crippen LogP contribution in [0.3, 0.4) is 0 Å². The summed E-state index contributed by atoms with van der Waals surface area (Å²) in [5.74, 6) is 1.90. The Bertz CT molecular complexity index is 839. The lowest BCUT2D eigenvalue weighted by Crippen LogP contribution is -2.12. The Morgan fingerprint density at radius 2 is 2.08 bits per heavy atom. The summed E-state index contributed by atoms with van der Waals surface area (Å²) >= 11 is 1.84. The standard InChI is InChI=1S/C21H21NOS/c1-14-4-2-7-19(24-14)11-9-15-5-3-6-17-12-16-8-10-18(22)13-20(16)23-21(15)17/h4,7-13H,2-3,5-6,22H2,1H3/b11-9+. The summed E-state index contributed by atoms with van der Waals surface area (Å²) in [6, 6.07) is 5.89. The van der Waals surface area contributed by atoms with Gasteiger partial charge in [-0.3, -0.25) is 0 Å². The van der Waals surface area contributed by atoms with E-state index in [2.05, 4.69) is 37.3 Å². The van der Waals surface area contributed by atoms with Gasteiger partial charge in [0.05, 0.1) is 0 Å². The number of rotatable bonds is 2.